The molecule has 3 rings (SSSR count). The zero-order valence-corrected chi connectivity index (χ0v) is 15.5. The second-order valence-corrected chi connectivity index (χ2v) is 7.32. The topological polar surface area (TPSA) is 32.8 Å². The van der Waals surface area contributed by atoms with Gasteiger partial charge in [-0.25, -0.2) is 4.39 Å². The smallest absolute Gasteiger partial charge is 0.258 e. The lowest BCUT2D eigenvalue weighted by molar-refractivity contribution is 0.0295. The number of likely N-dealkylation sites (tertiary alicyclic amines) is 1. The Morgan fingerprint density at radius 3 is 2.80 bits per heavy atom. The van der Waals surface area contributed by atoms with Crippen LogP contribution in [0.5, 0.6) is 0 Å². The van der Waals surface area contributed by atoms with Gasteiger partial charge in [0.1, 0.15) is 5.82 Å². The third kappa shape index (κ3) is 4.33. The maximum absolute atomic E-state index is 14.3. The van der Waals surface area contributed by atoms with Gasteiger partial charge in [-0.1, -0.05) is 17.7 Å². The van der Waals surface area contributed by atoms with Crippen LogP contribution in [0.15, 0.2) is 12.1 Å². The Kier molecular flexibility index (Phi) is 6.31. The molecular formula is C19H26ClFN2O2. The molecule has 1 aromatic rings. The number of hydrogen-bond acceptors (Lipinski definition) is 3. The van der Waals surface area contributed by atoms with Gasteiger partial charge in [-0.2, -0.15) is 0 Å². The van der Waals surface area contributed by atoms with E-state index < -0.39 is 5.82 Å². The number of morpholine rings is 1. The molecule has 1 aromatic carbocycles. The van der Waals surface area contributed by atoms with E-state index >= 15 is 0 Å². The average Bonchev–Trinajstić information content (AvgIpc) is 2.64. The Morgan fingerprint density at radius 2 is 2.04 bits per heavy atom. The summed E-state index contributed by atoms with van der Waals surface area (Å²) in [7, 11) is 0. The summed E-state index contributed by atoms with van der Waals surface area (Å²) < 4.78 is 19.7. The number of carbonyl (C=O) groups excluding carboxylic acids is 1. The predicted octanol–water partition coefficient (Wildman–Crippen LogP) is 3.50. The molecule has 0 aliphatic carbocycles. The molecule has 138 valence electrons. The maximum atomic E-state index is 14.3. The third-order valence-electron chi connectivity index (χ3n) is 5.27. The van der Waals surface area contributed by atoms with Crippen LogP contribution in [-0.2, 0) is 4.74 Å². The number of aryl methyl sites for hydroxylation is 1. The second kappa shape index (κ2) is 8.47. The fourth-order valence-corrected chi connectivity index (χ4v) is 3.95. The van der Waals surface area contributed by atoms with E-state index in [0.717, 1.165) is 64.1 Å². The van der Waals surface area contributed by atoms with Crippen LogP contribution in [0.4, 0.5) is 4.39 Å². The van der Waals surface area contributed by atoms with E-state index in [9.17, 15) is 9.18 Å². The highest BCUT2D eigenvalue weighted by Crippen LogP contribution is 2.28. The number of ether oxygens (including phenoxy) is 1. The molecule has 25 heavy (non-hydrogen) atoms. The van der Waals surface area contributed by atoms with Crippen molar-refractivity contribution in [3.63, 3.8) is 0 Å². The van der Waals surface area contributed by atoms with Gasteiger partial charge in [-0.3, -0.25) is 9.69 Å². The highest BCUT2D eigenvalue weighted by molar-refractivity contribution is 6.34. The molecule has 2 fully saturated rings. The molecule has 2 aliphatic rings. The monoisotopic (exact) mass is 368 g/mol. The first kappa shape index (κ1) is 18.6. The predicted molar refractivity (Wildman–Crippen MR) is 96.7 cm³/mol. The van der Waals surface area contributed by atoms with Gasteiger partial charge in [0.15, 0.2) is 0 Å². The van der Waals surface area contributed by atoms with Gasteiger partial charge in [-0.05, 0) is 44.2 Å². The summed E-state index contributed by atoms with van der Waals surface area (Å²) in [5.41, 5.74) is 0.758. The first-order chi connectivity index (χ1) is 12.1. The number of hydrogen-bond donors (Lipinski definition) is 0. The summed E-state index contributed by atoms with van der Waals surface area (Å²) in [4.78, 5) is 17.2. The molecule has 0 spiro atoms. The number of benzene rings is 1. The lowest BCUT2D eigenvalue weighted by Gasteiger charge is -2.37. The van der Waals surface area contributed by atoms with Crippen molar-refractivity contribution in [2.45, 2.75) is 38.6 Å². The van der Waals surface area contributed by atoms with Gasteiger partial charge in [0.2, 0.25) is 0 Å². The Morgan fingerprint density at radius 1 is 1.28 bits per heavy atom. The van der Waals surface area contributed by atoms with Crippen LogP contribution >= 0.6 is 11.6 Å². The molecule has 4 nitrogen and oxygen atoms in total. The number of nitrogens with zero attached hydrogens (tertiary/aromatic N) is 2. The van der Waals surface area contributed by atoms with Crippen LogP contribution in [0.3, 0.4) is 0 Å². The van der Waals surface area contributed by atoms with Gasteiger partial charge in [0.05, 0.1) is 23.8 Å². The van der Waals surface area contributed by atoms with Crippen molar-refractivity contribution in [2.24, 2.45) is 0 Å². The first-order valence-corrected chi connectivity index (χ1v) is 9.51. The van der Waals surface area contributed by atoms with Crippen molar-refractivity contribution in [1.82, 2.24) is 9.80 Å². The van der Waals surface area contributed by atoms with E-state index in [2.05, 4.69) is 4.90 Å². The minimum atomic E-state index is -0.530. The Balaban J connectivity index is 1.72. The number of piperidine rings is 1. The first-order valence-electron chi connectivity index (χ1n) is 9.13. The van der Waals surface area contributed by atoms with Crippen LogP contribution in [0, 0.1) is 12.7 Å². The van der Waals surface area contributed by atoms with Crippen LogP contribution in [0.25, 0.3) is 0 Å². The van der Waals surface area contributed by atoms with Crippen LogP contribution in [0.1, 0.15) is 41.6 Å². The van der Waals surface area contributed by atoms with E-state index in [-0.39, 0.29) is 22.5 Å². The molecular weight excluding hydrogens is 343 g/mol. The minimum absolute atomic E-state index is 0.0277. The molecule has 0 aromatic heterocycles. The van der Waals surface area contributed by atoms with Crippen LogP contribution in [-0.4, -0.2) is 61.1 Å². The molecule has 0 N–H and O–H groups in total. The summed E-state index contributed by atoms with van der Waals surface area (Å²) in [6.45, 7) is 6.86. The van der Waals surface area contributed by atoms with Crippen LogP contribution < -0.4 is 0 Å². The molecule has 1 amide bonds. The number of carbonyl (C=O) groups is 1. The highest BCUT2D eigenvalue weighted by Gasteiger charge is 2.31. The summed E-state index contributed by atoms with van der Waals surface area (Å²) in [5.74, 6) is -0.795. The van der Waals surface area contributed by atoms with E-state index in [1.807, 2.05) is 4.90 Å². The van der Waals surface area contributed by atoms with Crippen molar-refractivity contribution in [1.29, 1.82) is 0 Å². The van der Waals surface area contributed by atoms with E-state index in [0.29, 0.717) is 6.54 Å². The SMILES string of the molecule is Cc1ccc(F)c(C(=O)N2CCCC[C@@H]2CCN2CCOCC2)c1Cl. The third-order valence-corrected chi connectivity index (χ3v) is 5.76. The molecule has 2 heterocycles. The summed E-state index contributed by atoms with van der Waals surface area (Å²) in [6.07, 6.45) is 3.96. The zero-order chi connectivity index (χ0) is 17.8. The summed E-state index contributed by atoms with van der Waals surface area (Å²) >= 11 is 6.25. The van der Waals surface area contributed by atoms with Crippen LogP contribution in [0.2, 0.25) is 5.02 Å². The zero-order valence-electron chi connectivity index (χ0n) is 14.8. The molecule has 0 unspecified atom stereocenters. The van der Waals surface area contributed by atoms with Crippen molar-refractivity contribution < 1.29 is 13.9 Å². The van der Waals surface area contributed by atoms with E-state index in [1.54, 1.807) is 13.0 Å². The van der Waals surface area contributed by atoms with Crippen molar-refractivity contribution in [3.8, 4) is 0 Å². The van der Waals surface area contributed by atoms with E-state index in [4.69, 9.17) is 16.3 Å². The quantitative estimate of drug-likeness (QED) is 0.815. The molecule has 6 heteroatoms. The van der Waals surface area contributed by atoms with Gasteiger partial charge in [0, 0.05) is 32.2 Å². The molecule has 0 bridgehead atoms. The fraction of sp³-hybridized carbons (Fsp3) is 0.632. The maximum Gasteiger partial charge on any atom is 0.258 e. The van der Waals surface area contributed by atoms with Crippen molar-refractivity contribution in [3.05, 3.63) is 34.1 Å². The largest absolute Gasteiger partial charge is 0.379 e. The summed E-state index contributed by atoms with van der Waals surface area (Å²) in [6, 6.07) is 3.10. The van der Waals surface area contributed by atoms with Crippen molar-refractivity contribution >= 4 is 17.5 Å². The lowest BCUT2D eigenvalue weighted by atomic mass is 9.97. The molecule has 2 saturated heterocycles. The fourth-order valence-electron chi connectivity index (χ4n) is 3.72. The number of amides is 1. The van der Waals surface area contributed by atoms with Gasteiger partial charge < -0.3 is 9.64 Å². The van der Waals surface area contributed by atoms with E-state index in [1.165, 1.54) is 6.07 Å². The summed E-state index contributed by atoms with van der Waals surface area (Å²) in [5, 5.41) is 0.238. The highest BCUT2D eigenvalue weighted by atomic mass is 35.5. The average molecular weight is 369 g/mol. The normalized spacial score (nSPS) is 22.2. The lowest BCUT2D eigenvalue weighted by Crippen LogP contribution is -2.46. The van der Waals surface area contributed by atoms with Gasteiger partial charge in [0.25, 0.3) is 5.91 Å². The molecule has 2 aliphatic heterocycles. The standard InChI is InChI=1S/C19H26ClFN2O2/c1-14-5-6-16(21)17(18(14)20)19(24)23-8-3-2-4-15(23)7-9-22-10-12-25-13-11-22/h5-6,15H,2-4,7-13H2,1H3/t15-/m1/s1. The number of halogens is 2. The van der Waals surface area contributed by atoms with Crippen molar-refractivity contribution in [2.75, 3.05) is 39.4 Å². The Labute approximate surface area is 153 Å². The minimum Gasteiger partial charge on any atom is -0.379 e. The molecule has 0 saturated carbocycles. The molecule has 0 radical (unpaired) electrons. The van der Waals surface area contributed by atoms with Gasteiger partial charge in [-0.15, -0.1) is 0 Å². The number of rotatable bonds is 4. The Bertz CT molecular complexity index is 620. The second-order valence-electron chi connectivity index (χ2n) is 6.94. The van der Waals surface area contributed by atoms with Gasteiger partial charge >= 0.3 is 0 Å². The Hall–Kier alpha value is -1.17. The molecule has 1 atom stereocenters.